The van der Waals surface area contributed by atoms with Crippen LogP contribution < -0.4 is 10.6 Å². The van der Waals surface area contributed by atoms with E-state index < -0.39 is 11.8 Å². The van der Waals surface area contributed by atoms with Crippen molar-refractivity contribution in [2.24, 2.45) is 0 Å². The normalized spacial score (nSPS) is 21.0. The maximum atomic E-state index is 12.2. The van der Waals surface area contributed by atoms with Crippen LogP contribution in [0, 0.1) is 0 Å². The highest BCUT2D eigenvalue weighted by Crippen LogP contribution is 2.42. The number of carbonyl (C=O) groups excluding carboxylic acids is 2. The minimum Gasteiger partial charge on any atom is -0.347 e. The van der Waals surface area contributed by atoms with E-state index in [0.717, 1.165) is 38.5 Å². The average molecular weight is 334 g/mol. The van der Waals surface area contributed by atoms with Gasteiger partial charge in [-0.15, -0.1) is 11.3 Å². The zero-order valence-electron chi connectivity index (χ0n) is 13.6. The molecule has 2 amide bonds. The molecule has 0 aliphatic heterocycles. The van der Waals surface area contributed by atoms with Gasteiger partial charge < -0.3 is 10.6 Å². The van der Waals surface area contributed by atoms with Crippen molar-refractivity contribution in [3.63, 3.8) is 0 Å². The lowest BCUT2D eigenvalue weighted by atomic mass is 9.84. The summed E-state index contributed by atoms with van der Waals surface area (Å²) in [5.41, 5.74) is 0.0367. The van der Waals surface area contributed by atoms with Crippen molar-refractivity contribution in [3.8, 4) is 0 Å². The number of hydrogen-bond donors (Lipinski definition) is 2. The molecule has 23 heavy (non-hydrogen) atoms. The van der Waals surface area contributed by atoms with Gasteiger partial charge in [-0.3, -0.25) is 9.59 Å². The minimum absolute atomic E-state index is 0.0367. The summed E-state index contributed by atoms with van der Waals surface area (Å²) in [6.07, 6.45) is 10.1. The molecule has 1 heterocycles. The molecule has 2 fully saturated rings. The first kappa shape index (κ1) is 16.5. The third kappa shape index (κ3) is 3.94. The predicted octanol–water partition coefficient (Wildman–Crippen LogP) is 3.13. The summed E-state index contributed by atoms with van der Waals surface area (Å²) in [7, 11) is 0. The number of nitrogens with one attached hydrogen (secondary N) is 2. The van der Waals surface area contributed by atoms with Gasteiger partial charge in [0, 0.05) is 22.9 Å². The van der Waals surface area contributed by atoms with Gasteiger partial charge in [0.25, 0.3) is 0 Å². The van der Waals surface area contributed by atoms with Crippen LogP contribution in [0.2, 0.25) is 0 Å². The maximum absolute atomic E-state index is 12.2. The van der Waals surface area contributed by atoms with Crippen molar-refractivity contribution in [1.82, 2.24) is 10.6 Å². The number of carbonyl (C=O) groups is 2. The SMILES string of the molecule is O=C(NCC1(c2cccs2)CCCC1)C(=O)NC1CCCCC1. The van der Waals surface area contributed by atoms with E-state index in [1.165, 1.54) is 24.1 Å². The van der Waals surface area contributed by atoms with Crippen LogP contribution in [-0.2, 0) is 15.0 Å². The Bertz CT molecular complexity index is 529. The molecule has 0 aromatic carbocycles. The lowest BCUT2D eigenvalue weighted by Crippen LogP contribution is -2.48. The van der Waals surface area contributed by atoms with Crippen molar-refractivity contribution < 1.29 is 9.59 Å². The highest BCUT2D eigenvalue weighted by Gasteiger charge is 2.37. The summed E-state index contributed by atoms with van der Waals surface area (Å²) in [4.78, 5) is 25.6. The van der Waals surface area contributed by atoms with Gasteiger partial charge in [0.15, 0.2) is 0 Å². The van der Waals surface area contributed by atoms with Gasteiger partial charge in [-0.25, -0.2) is 0 Å². The molecular weight excluding hydrogens is 308 g/mol. The monoisotopic (exact) mass is 334 g/mol. The van der Waals surface area contributed by atoms with E-state index in [4.69, 9.17) is 0 Å². The zero-order valence-corrected chi connectivity index (χ0v) is 14.4. The Morgan fingerprint density at radius 1 is 1.09 bits per heavy atom. The average Bonchev–Trinajstić information content (AvgIpc) is 3.25. The summed E-state index contributed by atoms with van der Waals surface area (Å²) in [6, 6.07) is 4.40. The summed E-state index contributed by atoms with van der Waals surface area (Å²) in [6.45, 7) is 0.574. The van der Waals surface area contributed by atoms with E-state index in [9.17, 15) is 9.59 Å². The minimum atomic E-state index is -0.474. The first-order valence-electron chi connectivity index (χ1n) is 8.82. The quantitative estimate of drug-likeness (QED) is 0.831. The van der Waals surface area contributed by atoms with Gasteiger partial charge in [0.2, 0.25) is 0 Å². The molecule has 1 aromatic rings. The molecule has 0 saturated heterocycles. The molecule has 5 heteroatoms. The standard InChI is InChI=1S/C18H26N2O2S/c21-16(17(22)20-14-7-2-1-3-8-14)19-13-18(10-4-5-11-18)15-9-6-12-23-15/h6,9,12,14H,1-5,7-8,10-11,13H2,(H,19,21)(H,20,22). The van der Waals surface area contributed by atoms with Crippen LogP contribution >= 0.6 is 11.3 Å². The Kier molecular flexibility index (Phi) is 5.36. The van der Waals surface area contributed by atoms with Gasteiger partial charge in [0.05, 0.1) is 0 Å². The molecule has 0 bridgehead atoms. The second-order valence-corrected chi connectivity index (χ2v) is 7.90. The number of thiophene rings is 1. The summed E-state index contributed by atoms with van der Waals surface area (Å²) >= 11 is 1.76. The molecule has 4 nitrogen and oxygen atoms in total. The maximum Gasteiger partial charge on any atom is 0.309 e. The lowest BCUT2D eigenvalue weighted by molar-refractivity contribution is -0.139. The van der Waals surface area contributed by atoms with E-state index in [2.05, 4.69) is 28.1 Å². The molecule has 2 aliphatic rings. The summed E-state index contributed by atoms with van der Waals surface area (Å²) < 4.78 is 0. The Morgan fingerprint density at radius 3 is 2.48 bits per heavy atom. The molecule has 0 radical (unpaired) electrons. The van der Waals surface area contributed by atoms with E-state index in [0.29, 0.717) is 6.54 Å². The molecule has 0 atom stereocenters. The number of hydrogen-bond acceptors (Lipinski definition) is 3. The molecule has 2 N–H and O–H groups in total. The smallest absolute Gasteiger partial charge is 0.309 e. The zero-order chi connectivity index (χ0) is 16.1. The second kappa shape index (κ2) is 7.47. The third-order valence-corrected chi connectivity index (χ3v) is 6.45. The van der Waals surface area contributed by atoms with Gasteiger partial charge in [-0.2, -0.15) is 0 Å². The highest BCUT2D eigenvalue weighted by atomic mass is 32.1. The van der Waals surface area contributed by atoms with Crippen LogP contribution in [0.4, 0.5) is 0 Å². The molecular formula is C18H26N2O2S. The van der Waals surface area contributed by atoms with Crippen LogP contribution in [0.3, 0.4) is 0 Å². The number of amides is 2. The van der Waals surface area contributed by atoms with Crippen molar-refractivity contribution in [2.75, 3.05) is 6.54 Å². The Balaban J connectivity index is 1.53. The van der Waals surface area contributed by atoms with Crippen LogP contribution in [0.5, 0.6) is 0 Å². The van der Waals surface area contributed by atoms with E-state index >= 15 is 0 Å². The Labute approximate surface area is 142 Å². The molecule has 2 aliphatic carbocycles. The Hall–Kier alpha value is -1.36. The largest absolute Gasteiger partial charge is 0.347 e. The fourth-order valence-corrected chi connectivity index (χ4v) is 4.96. The topological polar surface area (TPSA) is 58.2 Å². The van der Waals surface area contributed by atoms with Gasteiger partial charge in [-0.05, 0) is 37.1 Å². The first-order valence-corrected chi connectivity index (χ1v) is 9.70. The second-order valence-electron chi connectivity index (χ2n) is 6.96. The summed E-state index contributed by atoms with van der Waals surface area (Å²) in [5.74, 6) is -0.936. The first-order chi connectivity index (χ1) is 11.2. The molecule has 1 aromatic heterocycles. The molecule has 2 saturated carbocycles. The molecule has 0 spiro atoms. The van der Waals surface area contributed by atoms with Crippen LogP contribution in [0.1, 0.15) is 62.7 Å². The van der Waals surface area contributed by atoms with E-state index in [1.807, 2.05) is 0 Å². The predicted molar refractivity (Wildman–Crippen MR) is 92.5 cm³/mol. The van der Waals surface area contributed by atoms with Gasteiger partial charge >= 0.3 is 11.8 Å². The third-order valence-electron chi connectivity index (χ3n) is 5.34. The van der Waals surface area contributed by atoms with Crippen LogP contribution in [0.25, 0.3) is 0 Å². The van der Waals surface area contributed by atoms with Crippen LogP contribution in [-0.4, -0.2) is 24.4 Å². The Morgan fingerprint density at radius 2 is 1.83 bits per heavy atom. The highest BCUT2D eigenvalue weighted by molar-refractivity contribution is 7.10. The number of rotatable bonds is 4. The van der Waals surface area contributed by atoms with Crippen molar-refractivity contribution in [3.05, 3.63) is 22.4 Å². The lowest BCUT2D eigenvalue weighted by Gasteiger charge is -2.28. The van der Waals surface area contributed by atoms with Crippen molar-refractivity contribution in [1.29, 1.82) is 0 Å². The van der Waals surface area contributed by atoms with Gasteiger partial charge in [-0.1, -0.05) is 38.2 Å². The van der Waals surface area contributed by atoms with E-state index in [1.54, 1.807) is 11.3 Å². The molecule has 3 rings (SSSR count). The fraction of sp³-hybridized carbons (Fsp3) is 0.667. The molecule has 0 unspecified atom stereocenters. The fourth-order valence-electron chi connectivity index (χ4n) is 3.97. The van der Waals surface area contributed by atoms with Crippen molar-refractivity contribution in [2.45, 2.75) is 69.2 Å². The van der Waals surface area contributed by atoms with E-state index in [-0.39, 0.29) is 11.5 Å². The van der Waals surface area contributed by atoms with Gasteiger partial charge in [0.1, 0.15) is 0 Å². The van der Waals surface area contributed by atoms with Crippen molar-refractivity contribution >= 4 is 23.2 Å². The molecule has 126 valence electrons. The summed E-state index contributed by atoms with van der Waals surface area (Å²) in [5, 5.41) is 7.88. The van der Waals surface area contributed by atoms with Crippen LogP contribution in [0.15, 0.2) is 17.5 Å².